The van der Waals surface area contributed by atoms with Gasteiger partial charge in [-0.1, -0.05) is 11.6 Å². The van der Waals surface area contributed by atoms with Crippen LogP contribution in [0.2, 0.25) is 5.02 Å². The van der Waals surface area contributed by atoms with E-state index in [4.69, 9.17) is 21.4 Å². The molecule has 15 heavy (non-hydrogen) atoms. The van der Waals surface area contributed by atoms with Crippen molar-refractivity contribution in [3.05, 3.63) is 17.5 Å². The summed E-state index contributed by atoms with van der Waals surface area (Å²) in [6.45, 7) is 1.78. The third-order valence-electron chi connectivity index (χ3n) is 1.66. The van der Waals surface area contributed by atoms with Gasteiger partial charge in [-0.15, -0.1) is 0 Å². The highest BCUT2D eigenvalue weighted by Gasteiger charge is 1.98. The van der Waals surface area contributed by atoms with Crippen LogP contribution in [0.25, 0.3) is 0 Å². The number of aromatic nitrogens is 2. The number of hydrogen-bond donors (Lipinski definition) is 2. The molecule has 84 valence electrons. The highest BCUT2D eigenvalue weighted by atomic mass is 35.5. The predicted octanol–water partition coefficient (Wildman–Crippen LogP) is 0.941. The minimum absolute atomic E-state index is 0.0607. The standard InChI is InChI=1S/C9H14ClN3O2/c10-8-6-11-7-13-9(8)12-2-1-4-15-5-3-14/h6-7,14H,1-5H2,(H,11,12,13). The zero-order valence-corrected chi connectivity index (χ0v) is 9.07. The van der Waals surface area contributed by atoms with E-state index in [1.807, 2.05) is 0 Å². The second kappa shape index (κ2) is 7.39. The Bertz CT molecular complexity index is 286. The van der Waals surface area contributed by atoms with Crippen LogP contribution in [0.15, 0.2) is 12.5 Å². The van der Waals surface area contributed by atoms with E-state index in [1.165, 1.54) is 6.33 Å². The van der Waals surface area contributed by atoms with E-state index in [1.54, 1.807) is 6.20 Å². The largest absolute Gasteiger partial charge is 0.394 e. The average molecular weight is 232 g/mol. The molecule has 0 aromatic carbocycles. The van der Waals surface area contributed by atoms with Crippen LogP contribution in [-0.4, -0.2) is 41.4 Å². The third-order valence-corrected chi connectivity index (χ3v) is 1.94. The van der Waals surface area contributed by atoms with E-state index < -0.39 is 0 Å². The van der Waals surface area contributed by atoms with E-state index >= 15 is 0 Å². The molecule has 1 heterocycles. The zero-order chi connectivity index (χ0) is 10.9. The summed E-state index contributed by atoms with van der Waals surface area (Å²) in [6.07, 6.45) is 3.82. The Balaban J connectivity index is 2.12. The van der Waals surface area contributed by atoms with Crippen molar-refractivity contribution in [1.82, 2.24) is 9.97 Å². The van der Waals surface area contributed by atoms with Gasteiger partial charge in [-0.3, -0.25) is 0 Å². The lowest BCUT2D eigenvalue weighted by Crippen LogP contribution is -2.08. The van der Waals surface area contributed by atoms with Gasteiger partial charge < -0.3 is 15.2 Å². The summed E-state index contributed by atoms with van der Waals surface area (Å²) in [7, 11) is 0. The molecule has 0 bridgehead atoms. The lowest BCUT2D eigenvalue weighted by atomic mass is 10.4. The van der Waals surface area contributed by atoms with Crippen molar-refractivity contribution in [3.63, 3.8) is 0 Å². The Hall–Kier alpha value is -0.910. The highest BCUT2D eigenvalue weighted by molar-refractivity contribution is 6.32. The number of anilines is 1. The lowest BCUT2D eigenvalue weighted by Gasteiger charge is -2.06. The summed E-state index contributed by atoms with van der Waals surface area (Å²) in [6, 6.07) is 0. The highest BCUT2D eigenvalue weighted by Crippen LogP contribution is 2.15. The Morgan fingerprint density at radius 2 is 2.33 bits per heavy atom. The SMILES string of the molecule is OCCOCCCNc1ncncc1Cl. The van der Waals surface area contributed by atoms with Gasteiger partial charge in [0.25, 0.3) is 0 Å². The molecule has 0 aliphatic heterocycles. The van der Waals surface area contributed by atoms with Gasteiger partial charge in [-0.05, 0) is 6.42 Å². The first-order valence-corrected chi connectivity index (χ1v) is 5.10. The van der Waals surface area contributed by atoms with Gasteiger partial charge in [0.15, 0.2) is 0 Å². The minimum Gasteiger partial charge on any atom is -0.394 e. The molecule has 0 amide bonds. The maximum absolute atomic E-state index is 8.46. The first kappa shape index (κ1) is 12.2. The third kappa shape index (κ3) is 4.92. The summed E-state index contributed by atoms with van der Waals surface area (Å²) in [5, 5.41) is 12.0. The number of nitrogens with zero attached hydrogens (tertiary/aromatic N) is 2. The van der Waals surface area contributed by atoms with Crippen LogP contribution in [0.4, 0.5) is 5.82 Å². The minimum atomic E-state index is 0.0607. The van der Waals surface area contributed by atoms with Crippen LogP contribution in [-0.2, 0) is 4.74 Å². The number of hydrogen-bond acceptors (Lipinski definition) is 5. The van der Waals surface area contributed by atoms with Crippen molar-refractivity contribution in [2.75, 3.05) is 31.7 Å². The second-order valence-corrected chi connectivity index (χ2v) is 3.24. The molecule has 0 fully saturated rings. The molecular weight excluding hydrogens is 218 g/mol. The van der Waals surface area contributed by atoms with Crippen molar-refractivity contribution in [2.24, 2.45) is 0 Å². The van der Waals surface area contributed by atoms with Crippen LogP contribution in [0.3, 0.4) is 0 Å². The zero-order valence-electron chi connectivity index (χ0n) is 8.32. The van der Waals surface area contributed by atoms with E-state index in [2.05, 4.69) is 15.3 Å². The van der Waals surface area contributed by atoms with Gasteiger partial charge in [-0.25, -0.2) is 9.97 Å². The van der Waals surface area contributed by atoms with Gasteiger partial charge in [0.05, 0.1) is 19.4 Å². The van der Waals surface area contributed by atoms with Gasteiger partial charge in [0, 0.05) is 13.2 Å². The molecule has 0 unspecified atom stereocenters. The molecule has 5 nitrogen and oxygen atoms in total. The summed E-state index contributed by atoms with van der Waals surface area (Å²) < 4.78 is 5.10. The number of aliphatic hydroxyl groups excluding tert-OH is 1. The fourth-order valence-corrected chi connectivity index (χ4v) is 1.16. The number of ether oxygens (including phenoxy) is 1. The number of halogens is 1. The Morgan fingerprint density at radius 3 is 3.07 bits per heavy atom. The predicted molar refractivity (Wildman–Crippen MR) is 58.1 cm³/mol. The molecule has 2 N–H and O–H groups in total. The molecule has 0 atom stereocenters. The van der Waals surface area contributed by atoms with Crippen molar-refractivity contribution in [1.29, 1.82) is 0 Å². The summed E-state index contributed by atoms with van der Waals surface area (Å²) >= 11 is 5.83. The summed E-state index contributed by atoms with van der Waals surface area (Å²) in [5.41, 5.74) is 0. The van der Waals surface area contributed by atoms with E-state index in [0.29, 0.717) is 24.1 Å². The molecule has 0 aliphatic rings. The first-order chi connectivity index (χ1) is 7.34. The van der Waals surface area contributed by atoms with E-state index in [9.17, 15) is 0 Å². The lowest BCUT2D eigenvalue weighted by molar-refractivity contribution is 0.0922. The van der Waals surface area contributed by atoms with Crippen LogP contribution < -0.4 is 5.32 Å². The quantitative estimate of drug-likeness (QED) is 0.684. The van der Waals surface area contributed by atoms with E-state index in [-0.39, 0.29) is 6.61 Å². The maximum Gasteiger partial charge on any atom is 0.148 e. The molecule has 0 spiro atoms. The summed E-state index contributed by atoms with van der Waals surface area (Å²) in [5.74, 6) is 0.633. The van der Waals surface area contributed by atoms with Crippen molar-refractivity contribution >= 4 is 17.4 Å². The fraction of sp³-hybridized carbons (Fsp3) is 0.556. The summed E-state index contributed by atoms with van der Waals surface area (Å²) in [4.78, 5) is 7.76. The van der Waals surface area contributed by atoms with E-state index in [0.717, 1.165) is 13.0 Å². The Labute approximate surface area is 93.5 Å². The maximum atomic E-state index is 8.46. The van der Waals surface area contributed by atoms with Crippen molar-refractivity contribution < 1.29 is 9.84 Å². The molecule has 0 radical (unpaired) electrons. The van der Waals surface area contributed by atoms with Gasteiger partial charge in [0.1, 0.15) is 17.2 Å². The van der Waals surface area contributed by atoms with Crippen LogP contribution >= 0.6 is 11.6 Å². The number of aliphatic hydroxyl groups is 1. The van der Waals surface area contributed by atoms with Crippen LogP contribution in [0, 0.1) is 0 Å². The first-order valence-electron chi connectivity index (χ1n) is 4.72. The number of rotatable bonds is 7. The van der Waals surface area contributed by atoms with Crippen molar-refractivity contribution in [2.45, 2.75) is 6.42 Å². The molecule has 1 rings (SSSR count). The molecule has 0 saturated carbocycles. The Kier molecular flexibility index (Phi) is 5.99. The van der Waals surface area contributed by atoms with Crippen molar-refractivity contribution in [3.8, 4) is 0 Å². The molecule has 1 aromatic rings. The monoisotopic (exact) mass is 231 g/mol. The van der Waals surface area contributed by atoms with Gasteiger partial charge >= 0.3 is 0 Å². The average Bonchev–Trinajstić information content (AvgIpc) is 2.25. The van der Waals surface area contributed by atoms with Crippen LogP contribution in [0.5, 0.6) is 0 Å². The molecule has 1 aromatic heterocycles. The number of nitrogens with one attached hydrogen (secondary N) is 1. The molecular formula is C9H14ClN3O2. The topological polar surface area (TPSA) is 67.3 Å². The molecule has 0 saturated heterocycles. The van der Waals surface area contributed by atoms with Gasteiger partial charge in [-0.2, -0.15) is 0 Å². The smallest absolute Gasteiger partial charge is 0.148 e. The molecule has 6 heteroatoms. The fourth-order valence-electron chi connectivity index (χ4n) is 0.990. The molecule has 0 aliphatic carbocycles. The normalized spacial score (nSPS) is 10.3. The Morgan fingerprint density at radius 1 is 1.47 bits per heavy atom. The van der Waals surface area contributed by atoms with Crippen LogP contribution in [0.1, 0.15) is 6.42 Å². The van der Waals surface area contributed by atoms with Gasteiger partial charge in [0.2, 0.25) is 0 Å². The second-order valence-electron chi connectivity index (χ2n) is 2.84.